The first-order chi connectivity index (χ1) is 11.4. The zero-order valence-electron chi connectivity index (χ0n) is 12.9. The number of rotatable bonds is 4. The van der Waals surface area contributed by atoms with Gasteiger partial charge in [0.15, 0.2) is 12.0 Å². The molecule has 8 heteroatoms. The van der Waals surface area contributed by atoms with Gasteiger partial charge in [-0.2, -0.15) is 0 Å². The van der Waals surface area contributed by atoms with Crippen molar-refractivity contribution in [2.24, 2.45) is 0 Å². The van der Waals surface area contributed by atoms with E-state index in [2.05, 4.69) is 14.4 Å². The van der Waals surface area contributed by atoms with Crippen LogP contribution in [-0.2, 0) is 14.8 Å². The van der Waals surface area contributed by atoms with E-state index in [9.17, 15) is 13.2 Å². The summed E-state index contributed by atoms with van der Waals surface area (Å²) < 4.78 is 44.1. The van der Waals surface area contributed by atoms with Crippen LogP contribution in [0, 0.1) is 0 Å². The number of carbonyl (C=O) groups excluding carboxylic acids is 1. The summed E-state index contributed by atoms with van der Waals surface area (Å²) in [6.07, 6.45) is -0.247. The lowest BCUT2D eigenvalue weighted by molar-refractivity contribution is 0.0600. The second kappa shape index (κ2) is 5.73. The van der Waals surface area contributed by atoms with Gasteiger partial charge in [0.05, 0.1) is 23.3 Å². The van der Waals surface area contributed by atoms with Gasteiger partial charge in [0, 0.05) is 0 Å². The van der Waals surface area contributed by atoms with Gasteiger partial charge in [-0.25, -0.2) is 18.2 Å². The van der Waals surface area contributed by atoms with Crippen molar-refractivity contribution in [2.75, 3.05) is 11.8 Å². The Balaban J connectivity index is 1.87. The summed E-state index contributed by atoms with van der Waals surface area (Å²) in [4.78, 5) is 15.2. The molecule has 0 bridgehead atoms. The molecule has 3 aromatic rings. The Morgan fingerprint density at radius 1 is 1.26 bits per heavy atom. The highest BCUT2D eigenvalue weighted by Gasteiger charge is 2.16. The van der Waals surface area contributed by atoms with E-state index < -0.39 is 16.0 Å². The third-order valence-electron chi connectivity index (χ3n) is 3.12. The number of anilines is 1. The first-order valence-corrected chi connectivity index (χ1v) is 7.96. The van der Waals surface area contributed by atoms with Crippen molar-refractivity contribution >= 4 is 32.8 Å². The van der Waals surface area contributed by atoms with Gasteiger partial charge in [-0.05, 0) is 42.5 Å². The molecule has 1 heterocycles. The number of nitrogens with zero attached hydrogens (tertiary/aromatic N) is 1. The monoisotopic (exact) mass is 333 g/mol. The lowest BCUT2D eigenvalue weighted by Gasteiger charge is -2.08. The number of aromatic nitrogens is 1. The zero-order valence-corrected chi connectivity index (χ0v) is 12.8. The Bertz CT molecular complexity index is 1010. The fourth-order valence-electron chi connectivity index (χ4n) is 1.98. The van der Waals surface area contributed by atoms with Crippen molar-refractivity contribution in [3.63, 3.8) is 0 Å². The Kier molecular flexibility index (Phi) is 3.43. The normalized spacial score (nSPS) is 12.0. The quantitative estimate of drug-likeness (QED) is 0.736. The van der Waals surface area contributed by atoms with E-state index in [0.717, 1.165) is 0 Å². The number of hydrogen-bond acceptors (Lipinski definition) is 6. The van der Waals surface area contributed by atoms with Crippen LogP contribution in [0.25, 0.3) is 11.1 Å². The van der Waals surface area contributed by atoms with E-state index in [0.29, 0.717) is 11.1 Å². The van der Waals surface area contributed by atoms with Crippen molar-refractivity contribution in [1.82, 2.24) is 4.98 Å². The molecule has 1 aromatic heterocycles. The molecule has 0 atom stereocenters. The third kappa shape index (κ3) is 3.02. The van der Waals surface area contributed by atoms with Gasteiger partial charge < -0.3 is 9.15 Å². The van der Waals surface area contributed by atoms with Crippen LogP contribution in [-0.4, -0.2) is 26.5 Å². The van der Waals surface area contributed by atoms with Crippen molar-refractivity contribution in [2.45, 2.75) is 4.90 Å². The number of sulfonamides is 1. The SMILES string of the molecule is [2H]c1nc2cc(NS(=O)(=O)c3ccc(C(=O)OC)cc3)ccc2o1. The highest BCUT2D eigenvalue weighted by atomic mass is 32.2. The maximum atomic E-state index is 12.4. The fraction of sp³-hybridized carbons (Fsp3) is 0.0667. The number of fused-ring (bicyclic) bond motifs is 1. The van der Waals surface area contributed by atoms with Crippen LogP contribution in [0.3, 0.4) is 0 Å². The molecular weight excluding hydrogens is 320 g/mol. The molecule has 0 aliphatic carbocycles. The predicted molar refractivity (Wildman–Crippen MR) is 82.6 cm³/mol. The molecule has 1 N–H and O–H groups in total. The minimum absolute atomic E-state index is 0.00316. The molecule has 0 fully saturated rings. The molecule has 0 spiro atoms. The molecule has 23 heavy (non-hydrogen) atoms. The van der Waals surface area contributed by atoms with Gasteiger partial charge in [-0.3, -0.25) is 4.72 Å². The van der Waals surface area contributed by atoms with E-state index in [-0.39, 0.29) is 22.5 Å². The van der Waals surface area contributed by atoms with E-state index in [1.807, 2.05) is 0 Å². The van der Waals surface area contributed by atoms with Gasteiger partial charge in [0.25, 0.3) is 10.0 Å². The summed E-state index contributed by atoms with van der Waals surface area (Å²) >= 11 is 0. The minimum atomic E-state index is -3.83. The van der Waals surface area contributed by atoms with Gasteiger partial charge in [-0.1, -0.05) is 0 Å². The van der Waals surface area contributed by atoms with Gasteiger partial charge in [0.2, 0.25) is 0 Å². The Hall–Kier alpha value is -2.87. The summed E-state index contributed by atoms with van der Waals surface area (Å²) in [6, 6.07) is 9.86. The maximum Gasteiger partial charge on any atom is 0.337 e. The first kappa shape index (κ1) is 13.8. The molecule has 0 aliphatic rings. The topological polar surface area (TPSA) is 98.5 Å². The van der Waals surface area contributed by atoms with Crippen molar-refractivity contribution in [1.29, 1.82) is 0 Å². The average Bonchev–Trinajstić information content (AvgIpc) is 2.93. The Morgan fingerprint density at radius 2 is 2.00 bits per heavy atom. The van der Waals surface area contributed by atoms with Crippen LogP contribution in [0.15, 0.2) is 58.1 Å². The zero-order chi connectivity index (χ0) is 17.3. The fourth-order valence-corrected chi connectivity index (χ4v) is 3.03. The Morgan fingerprint density at radius 3 is 2.70 bits per heavy atom. The van der Waals surface area contributed by atoms with Crippen molar-refractivity contribution in [3.8, 4) is 0 Å². The summed E-state index contributed by atoms with van der Waals surface area (Å²) in [5, 5.41) is 0. The Labute approximate surface area is 133 Å². The average molecular weight is 333 g/mol. The maximum absolute atomic E-state index is 12.4. The van der Waals surface area contributed by atoms with Crippen LogP contribution in [0.1, 0.15) is 11.7 Å². The number of esters is 1. The summed E-state index contributed by atoms with van der Waals surface area (Å²) in [5.74, 6) is -0.547. The number of ether oxygens (including phenoxy) is 1. The summed E-state index contributed by atoms with van der Waals surface area (Å²) in [7, 11) is -2.58. The molecule has 0 unspecified atom stereocenters. The van der Waals surface area contributed by atoms with Crippen LogP contribution >= 0.6 is 0 Å². The number of hydrogen-bond donors (Lipinski definition) is 1. The van der Waals surface area contributed by atoms with Crippen molar-refractivity contribution < 1.29 is 23.7 Å². The number of oxazole rings is 1. The van der Waals surface area contributed by atoms with Crippen LogP contribution in [0.2, 0.25) is 0 Å². The second-order valence-corrected chi connectivity index (χ2v) is 6.29. The van der Waals surface area contributed by atoms with Gasteiger partial charge in [-0.15, -0.1) is 0 Å². The standard InChI is InChI=1S/C15H12N2O5S/c1-21-15(18)10-2-5-12(6-3-10)23(19,20)17-11-4-7-14-13(8-11)16-9-22-14/h2-9,17H,1H3/i9D. The van der Waals surface area contributed by atoms with Crippen molar-refractivity contribution in [3.05, 3.63) is 54.4 Å². The van der Waals surface area contributed by atoms with Gasteiger partial charge in [0.1, 0.15) is 6.89 Å². The second-order valence-electron chi connectivity index (χ2n) is 4.61. The minimum Gasteiger partial charge on any atom is -0.465 e. The van der Waals surface area contributed by atoms with Crippen LogP contribution in [0.5, 0.6) is 0 Å². The number of nitrogens with one attached hydrogen (secondary N) is 1. The molecule has 118 valence electrons. The molecule has 2 aromatic carbocycles. The molecular formula is C15H12N2O5S. The largest absolute Gasteiger partial charge is 0.465 e. The van der Waals surface area contributed by atoms with E-state index in [4.69, 9.17) is 5.79 Å². The highest BCUT2D eigenvalue weighted by molar-refractivity contribution is 7.92. The molecule has 0 amide bonds. The number of carbonyl (C=O) groups is 1. The predicted octanol–water partition coefficient (Wildman–Crippen LogP) is 2.42. The molecule has 7 nitrogen and oxygen atoms in total. The highest BCUT2D eigenvalue weighted by Crippen LogP contribution is 2.21. The first-order valence-electron chi connectivity index (χ1n) is 6.97. The van der Waals surface area contributed by atoms with E-state index >= 15 is 0 Å². The number of methoxy groups -OCH3 is 1. The van der Waals surface area contributed by atoms with E-state index in [1.165, 1.54) is 49.6 Å². The smallest absolute Gasteiger partial charge is 0.337 e. The number of benzene rings is 2. The molecule has 0 saturated heterocycles. The van der Waals surface area contributed by atoms with Gasteiger partial charge >= 0.3 is 5.97 Å². The third-order valence-corrected chi connectivity index (χ3v) is 4.52. The molecule has 0 saturated carbocycles. The molecule has 0 radical (unpaired) electrons. The van der Waals surface area contributed by atoms with E-state index in [1.54, 1.807) is 0 Å². The van der Waals surface area contributed by atoms with Crippen LogP contribution in [0.4, 0.5) is 5.69 Å². The molecule has 0 aliphatic heterocycles. The summed E-state index contributed by atoms with van der Waals surface area (Å²) in [5.41, 5.74) is 1.31. The summed E-state index contributed by atoms with van der Waals surface area (Å²) in [6.45, 7) is 0. The molecule has 3 rings (SSSR count). The van der Waals surface area contributed by atoms with Crippen LogP contribution < -0.4 is 4.72 Å². The lowest BCUT2D eigenvalue weighted by atomic mass is 10.2. The lowest BCUT2D eigenvalue weighted by Crippen LogP contribution is -2.13.